The average molecular weight is 330 g/mol. The van der Waals surface area contributed by atoms with Gasteiger partial charge in [0.05, 0.1) is 10.6 Å². The third kappa shape index (κ3) is 3.37. The van der Waals surface area contributed by atoms with Gasteiger partial charge in [-0.2, -0.15) is 0 Å². The maximum absolute atomic E-state index is 13.4. The van der Waals surface area contributed by atoms with E-state index < -0.39 is 11.4 Å². The van der Waals surface area contributed by atoms with E-state index in [1.165, 1.54) is 6.08 Å². The lowest BCUT2D eigenvalue weighted by atomic mass is 10.1. The Morgan fingerprint density at radius 3 is 2.57 bits per heavy atom. The molecule has 1 N–H and O–H groups in total. The lowest BCUT2D eigenvalue weighted by Gasteiger charge is -2.16. The highest BCUT2D eigenvalue weighted by Gasteiger charge is 2.43. The van der Waals surface area contributed by atoms with Crippen LogP contribution in [0.4, 0.5) is 4.39 Å². The van der Waals surface area contributed by atoms with Crippen molar-refractivity contribution in [1.82, 2.24) is 4.98 Å². The van der Waals surface area contributed by atoms with Crippen LogP contribution in [0.5, 0.6) is 0 Å². The number of rotatable bonds is 5. The van der Waals surface area contributed by atoms with Gasteiger partial charge in [-0.1, -0.05) is 48.5 Å². The molecule has 2 aromatic rings. The van der Waals surface area contributed by atoms with Crippen LogP contribution >= 0.6 is 11.6 Å². The number of H-pyrrole nitrogens is 1. The van der Waals surface area contributed by atoms with Gasteiger partial charge in [0, 0.05) is 17.3 Å². The standard InChI is InChI=1S/C18H16ClFN2O/c1-12(19)15(20)11-14-7-8-16(21-14)17(23)22-18(9-10-18)13-5-3-2-4-6-13/h2-8,11,21H,1,9-10H2,(H,22,23)/p-1/b15-11+. The van der Waals surface area contributed by atoms with E-state index >= 15 is 0 Å². The quantitative estimate of drug-likeness (QED) is 0.505. The Morgan fingerprint density at radius 2 is 1.96 bits per heavy atom. The van der Waals surface area contributed by atoms with Crippen LogP contribution in [0.1, 0.15) is 29.8 Å². The zero-order valence-corrected chi connectivity index (χ0v) is 13.1. The molecule has 0 spiro atoms. The molecule has 0 radical (unpaired) electrons. The molecule has 0 amide bonds. The van der Waals surface area contributed by atoms with Gasteiger partial charge in [-0.3, -0.25) is 4.99 Å². The highest BCUT2D eigenvalue weighted by atomic mass is 35.5. The largest absolute Gasteiger partial charge is 0.857 e. The minimum Gasteiger partial charge on any atom is -0.857 e. The predicted molar refractivity (Wildman–Crippen MR) is 88.8 cm³/mol. The molecule has 1 aliphatic rings. The SMILES string of the molecule is C=C(Cl)/C(F)=C\c1ccc(C([O-])=NC2(c3ccccc3)CC2)[nH]1. The van der Waals surface area contributed by atoms with Crippen molar-refractivity contribution in [1.29, 1.82) is 0 Å². The number of aromatic nitrogens is 1. The molecule has 1 aromatic carbocycles. The number of hydrogen-bond acceptors (Lipinski definition) is 2. The highest BCUT2D eigenvalue weighted by Crippen LogP contribution is 2.49. The number of aliphatic imine (C=N–C) groups is 1. The fourth-order valence-corrected chi connectivity index (χ4v) is 2.48. The molecule has 0 saturated heterocycles. The van der Waals surface area contributed by atoms with Gasteiger partial charge in [-0.25, -0.2) is 4.39 Å². The maximum Gasteiger partial charge on any atom is 0.143 e. The summed E-state index contributed by atoms with van der Waals surface area (Å²) in [6, 6.07) is 13.0. The van der Waals surface area contributed by atoms with Crippen molar-refractivity contribution in [2.75, 3.05) is 0 Å². The van der Waals surface area contributed by atoms with Gasteiger partial charge in [-0.15, -0.1) is 0 Å². The van der Waals surface area contributed by atoms with Crippen molar-refractivity contribution < 1.29 is 9.50 Å². The maximum atomic E-state index is 13.4. The van der Waals surface area contributed by atoms with E-state index in [0.29, 0.717) is 11.4 Å². The second-order valence-electron chi connectivity index (χ2n) is 5.54. The van der Waals surface area contributed by atoms with E-state index in [9.17, 15) is 9.50 Å². The van der Waals surface area contributed by atoms with E-state index in [4.69, 9.17) is 11.6 Å². The molecular formula is C18H15ClFN2O-. The monoisotopic (exact) mass is 329 g/mol. The molecule has 1 fully saturated rings. The fourth-order valence-electron chi connectivity index (χ4n) is 2.42. The van der Waals surface area contributed by atoms with Gasteiger partial charge in [0.25, 0.3) is 0 Å². The van der Waals surface area contributed by atoms with E-state index in [1.807, 2.05) is 30.3 Å². The summed E-state index contributed by atoms with van der Waals surface area (Å²) in [6.45, 7) is 3.31. The van der Waals surface area contributed by atoms with E-state index in [1.54, 1.807) is 12.1 Å². The second kappa shape index (κ2) is 6.05. The van der Waals surface area contributed by atoms with Gasteiger partial charge in [0.15, 0.2) is 0 Å². The van der Waals surface area contributed by atoms with Crippen LogP contribution in [-0.2, 0) is 5.54 Å². The van der Waals surface area contributed by atoms with Gasteiger partial charge in [0.2, 0.25) is 0 Å². The Morgan fingerprint density at radius 1 is 1.26 bits per heavy atom. The van der Waals surface area contributed by atoms with Crippen LogP contribution in [0.2, 0.25) is 0 Å². The lowest BCUT2D eigenvalue weighted by Crippen LogP contribution is -2.22. The molecule has 1 aromatic heterocycles. The molecule has 3 rings (SSSR count). The van der Waals surface area contributed by atoms with Gasteiger partial charge < -0.3 is 10.1 Å². The van der Waals surface area contributed by atoms with E-state index in [2.05, 4.69) is 16.6 Å². The zero-order chi connectivity index (χ0) is 16.4. The van der Waals surface area contributed by atoms with Crippen molar-refractivity contribution >= 4 is 23.6 Å². The fraction of sp³-hybridized carbons (Fsp3) is 0.167. The molecule has 23 heavy (non-hydrogen) atoms. The third-order valence-corrected chi connectivity index (χ3v) is 4.01. The first-order chi connectivity index (χ1) is 11.0. The summed E-state index contributed by atoms with van der Waals surface area (Å²) in [5.74, 6) is -0.983. The normalized spacial score (nSPS) is 17.1. The minimum absolute atomic E-state index is 0.182. The van der Waals surface area contributed by atoms with Crippen molar-refractivity contribution in [3.8, 4) is 0 Å². The first-order valence-electron chi connectivity index (χ1n) is 7.24. The zero-order valence-electron chi connectivity index (χ0n) is 12.4. The summed E-state index contributed by atoms with van der Waals surface area (Å²) in [6.07, 6.45) is 2.91. The topological polar surface area (TPSA) is 51.2 Å². The molecule has 0 bridgehead atoms. The van der Waals surface area contributed by atoms with Crippen molar-refractivity contribution in [2.24, 2.45) is 4.99 Å². The summed E-state index contributed by atoms with van der Waals surface area (Å²) < 4.78 is 13.4. The van der Waals surface area contributed by atoms with Crippen LogP contribution in [0, 0.1) is 0 Å². The number of nitrogens with zero attached hydrogens (tertiary/aromatic N) is 1. The van der Waals surface area contributed by atoms with Crippen LogP contribution < -0.4 is 5.11 Å². The van der Waals surface area contributed by atoms with Crippen LogP contribution in [0.15, 0.2) is 64.9 Å². The van der Waals surface area contributed by atoms with Crippen LogP contribution in [0.3, 0.4) is 0 Å². The molecule has 5 heteroatoms. The Labute approximate surface area is 138 Å². The van der Waals surface area contributed by atoms with Crippen LogP contribution in [0.25, 0.3) is 6.08 Å². The molecule has 0 unspecified atom stereocenters. The van der Waals surface area contributed by atoms with Gasteiger partial charge in [0.1, 0.15) is 5.83 Å². The molecular weight excluding hydrogens is 315 g/mol. The number of allylic oxidation sites excluding steroid dienone is 2. The summed E-state index contributed by atoms with van der Waals surface area (Å²) in [4.78, 5) is 7.20. The molecule has 118 valence electrons. The summed E-state index contributed by atoms with van der Waals surface area (Å²) >= 11 is 5.47. The number of halogens is 2. The number of aromatic amines is 1. The number of benzene rings is 1. The molecule has 1 saturated carbocycles. The van der Waals surface area contributed by atoms with Crippen molar-refractivity contribution in [3.63, 3.8) is 0 Å². The predicted octanol–water partition coefficient (Wildman–Crippen LogP) is 3.87. The van der Waals surface area contributed by atoms with Gasteiger partial charge >= 0.3 is 0 Å². The number of hydrogen-bond donors (Lipinski definition) is 1. The molecule has 0 aliphatic heterocycles. The molecule has 1 heterocycles. The van der Waals surface area contributed by atoms with E-state index in [-0.39, 0.29) is 10.9 Å². The third-order valence-electron chi connectivity index (χ3n) is 3.83. The molecule has 1 aliphatic carbocycles. The lowest BCUT2D eigenvalue weighted by molar-refractivity contribution is -0.214. The van der Waals surface area contributed by atoms with Crippen LogP contribution in [-0.4, -0.2) is 10.9 Å². The summed E-state index contributed by atoms with van der Waals surface area (Å²) in [5.41, 5.74) is 1.40. The highest BCUT2D eigenvalue weighted by molar-refractivity contribution is 6.31. The Kier molecular flexibility index (Phi) is 4.09. The Bertz CT molecular complexity index is 788. The first kappa shape index (κ1) is 15.6. The average Bonchev–Trinajstić information content (AvgIpc) is 3.17. The van der Waals surface area contributed by atoms with Gasteiger partial charge in [-0.05, 0) is 36.6 Å². The minimum atomic E-state index is -0.646. The summed E-state index contributed by atoms with van der Waals surface area (Å²) in [5, 5.41) is 12.2. The second-order valence-corrected chi connectivity index (χ2v) is 6.00. The molecule has 3 nitrogen and oxygen atoms in total. The van der Waals surface area contributed by atoms with E-state index in [0.717, 1.165) is 18.4 Å². The Hall–Kier alpha value is -2.33. The van der Waals surface area contributed by atoms with Crippen molar-refractivity contribution in [3.05, 3.63) is 76.9 Å². The Balaban J connectivity index is 1.84. The number of nitrogens with one attached hydrogen (secondary N) is 1. The summed E-state index contributed by atoms with van der Waals surface area (Å²) in [7, 11) is 0. The molecule has 0 atom stereocenters. The first-order valence-corrected chi connectivity index (χ1v) is 7.62. The van der Waals surface area contributed by atoms with Crippen molar-refractivity contribution in [2.45, 2.75) is 18.4 Å². The smallest absolute Gasteiger partial charge is 0.143 e.